The SMILES string of the molecule is CC(C)[C@H](COCc1ccccc1)NC(=O)C(F)(F)CC(Cc1ccc(OCc2ccccc2)c(O)c1)NC(=O)[C@@H](NC(=O)c1ccc(C(=O)N2CCOCC2)cc1)C(C)C. The first-order valence-corrected chi connectivity index (χ1v) is 20.6. The van der Waals surface area contributed by atoms with Crippen LogP contribution in [0.2, 0.25) is 0 Å². The highest BCUT2D eigenvalue weighted by Crippen LogP contribution is 2.30. The molecule has 1 unspecified atom stereocenters. The molecule has 4 N–H and O–H groups in total. The molecule has 1 heterocycles. The van der Waals surface area contributed by atoms with E-state index < -0.39 is 54.1 Å². The van der Waals surface area contributed by atoms with Crippen molar-refractivity contribution in [2.75, 3.05) is 32.9 Å². The Balaban J connectivity index is 1.30. The molecule has 0 saturated carbocycles. The van der Waals surface area contributed by atoms with E-state index in [0.717, 1.165) is 11.1 Å². The van der Waals surface area contributed by atoms with E-state index >= 15 is 8.78 Å². The fourth-order valence-corrected chi connectivity index (χ4v) is 6.72. The molecule has 0 spiro atoms. The van der Waals surface area contributed by atoms with Crippen LogP contribution in [-0.2, 0) is 38.7 Å². The van der Waals surface area contributed by atoms with Crippen LogP contribution in [-0.4, -0.2) is 90.6 Å². The number of aromatic hydroxyl groups is 1. The van der Waals surface area contributed by atoms with Gasteiger partial charge in [0.2, 0.25) is 5.91 Å². The Bertz CT molecular complexity index is 2040. The number of amides is 4. The summed E-state index contributed by atoms with van der Waals surface area (Å²) in [6, 6.07) is 25.9. The second kappa shape index (κ2) is 22.1. The quantitative estimate of drug-likeness (QED) is 0.0808. The average Bonchev–Trinajstić information content (AvgIpc) is 3.25. The number of carbonyl (C=O) groups excluding carboxylic acids is 4. The molecule has 3 atom stereocenters. The van der Waals surface area contributed by atoms with Crippen LogP contribution in [0.4, 0.5) is 8.78 Å². The van der Waals surface area contributed by atoms with Gasteiger partial charge in [0.1, 0.15) is 12.6 Å². The lowest BCUT2D eigenvalue weighted by atomic mass is 9.96. The van der Waals surface area contributed by atoms with Gasteiger partial charge < -0.3 is 40.2 Å². The molecule has 1 aliphatic heterocycles. The molecule has 0 bridgehead atoms. The van der Waals surface area contributed by atoms with Gasteiger partial charge in [-0.1, -0.05) is 94.4 Å². The van der Waals surface area contributed by atoms with Crippen LogP contribution in [0.25, 0.3) is 0 Å². The molecule has 1 fully saturated rings. The lowest BCUT2D eigenvalue weighted by Crippen LogP contribution is -2.55. The molecule has 4 amide bonds. The first-order valence-electron chi connectivity index (χ1n) is 20.6. The van der Waals surface area contributed by atoms with Crippen LogP contribution in [0.15, 0.2) is 103 Å². The van der Waals surface area contributed by atoms with E-state index in [0.29, 0.717) is 37.4 Å². The van der Waals surface area contributed by atoms with Crippen molar-refractivity contribution in [1.82, 2.24) is 20.9 Å². The molecule has 14 heteroatoms. The highest BCUT2D eigenvalue weighted by atomic mass is 19.3. The first-order chi connectivity index (χ1) is 29.2. The third-order valence-corrected chi connectivity index (χ3v) is 10.4. The topological polar surface area (TPSA) is 156 Å². The van der Waals surface area contributed by atoms with E-state index in [1.165, 1.54) is 36.4 Å². The minimum atomic E-state index is -3.96. The molecule has 326 valence electrons. The van der Waals surface area contributed by atoms with Crippen molar-refractivity contribution in [3.63, 3.8) is 0 Å². The van der Waals surface area contributed by atoms with Gasteiger partial charge in [-0.15, -0.1) is 0 Å². The van der Waals surface area contributed by atoms with Crippen LogP contribution in [0, 0.1) is 11.8 Å². The summed E-state index contributed by atoms with van der Waals surface area (Å²) in [5.74, 6) is -7.80. The number of alkyl halides is 2. The number of morpholine rings is 1. The largest absolute Gasteiger partial charge is 0.504 e. The third-order valence-electron chi connectivity index (χ3n) is 10.4. The standard InChI is InChI=1S/C47H56F2N4O8/c1-31(2)39(30-60-28-33-11-7-5-8-12-33)51-46(58)47(48,49)27-38(25-35-15-20-41(40(54)26-35)61-29-34-13-9-6-10-14-34)50-44(56)42(32(3)4)52-43(55)36-16-18-37(19-17-36)45(57)53-21-23-59-24-22-53/h5-20,26,31-32,38-39,42,54H,21-25,27-30H2,1-4H3,(H,50,56)(H,51,58)(H,52,55)/t38?,39-,42-/m0/s1. The second-order valence-electron chi connectivity index (χ2n) is 15.9. The molecule has 1 aliphatic rings. The van der Waals surface area contributed by atoms with Gasteiger partial charge >= 0.3 is 5.92 Å². The number of ether oxygens (including phenoxy) is 3. The van der Waals surface area contributed by atoms with Crippen molar-refractivity contribution in [3.8, 4) is 11.5 Å². The fraction of sp³-hybridized carbons (Fsp3) is 0.404. The van der Waals surface area contributed by atoms with Gasteiger partial charge in [-0.3, -0.25) is 19.2 Å². The number of halogens is 2. The van der Waals surface area contributed by atoms with E-state index in [1.54, 1.807) is 38.7 Å². The van der Waals surface area contributed by atoms with E-state index in [9.17, 15) is 24.3 Å². The van der Waals surface area contributed by atoms with Gasteiger partial charge in [-0.05, 0) is 71.3 Å². The van der Waals surface area contributed by atoms with Gasteiger partial charge in [-0.2, -0.15) is 8.78 Å². The zero-order valence-electron chi connectivity index (χ0n) is 35.1. The normalized spacial score (nSPS) is 14.5. The number of hydrogen-bond donors (Lipinski definition) is 4. The smallest absolute Gasteiger partial charge is 0.326 e. The van der Waals surface area contributed by atoms with Crippen molar-refractivity contribution < 1.29 is 47.3 Å². The minimum absolute atomic E-state index is 0.00477. The Labute approximate surface area is 356 Å². The summed E-state index contributed by atoms with van der Waals surface area (Å²) in [4.78, 5) is 55.3. The number of phenols is 1. The van der Waals surface area contributed by atoms with E-state index in [1.807, 2.05) is 60.7 Å². The second-order valence-corrected chi connectivity index (χ2v) is 15.9. The Morgan fingerprint density at radius 3 is 1.95 bits per heavy atom. The van der Waals surface area contributed by atoms with Crippen LogP contribution in [0.5, 0.6) is 11.5 Å². The number of rotatable bonds is 20. The Morgan fingerprint density at radius 2 is 1.36 bits per heavy atom. The predicted molar refractivity (Wildman–Crippen MR) is 226 cm³/mol. The van der Waals surface area contributed by atoms with E-state index in [2.05, 4.69) is 16.0 Å². The maximum absolute atomic E-state index is 16.1. The van der Waals surface area contributed by atoms with Crippen molar-refractivity contribution in [2.45, 2.75) is 77.8 Å². The van der Waals surface area contributed by atoms with Gasteiger partial charge in [0.25, 0.3) is 17.7 Å². The number of nitrogens with zero attached hydrogens (tertiary/aromatic N) is 1. The highest BCUT2D eigenvalue weighted by molar-refractivity contribution is 5.99. The Hall–Kier alpha value is -5.86. The predicted octanol–water partition coefficient (Wildman–Crippen LogP) is 6.31. The Kier molecular flexibility index (Phi) is 16.8. The lowest BCUT2D eigenvalue weighted by molar-refractivity contribution is -0.149. The van der Waals surface area contributed by atoms with Crippen LogP contribution < -0.4 is 20.7 Å². The summed E-state index contributed by atoms with van der Waals surface area (Å²) in [6.45, 7) is 9.20. The van der Waals surface area contributed by atoms with E-state index in [-0.39, 0.29) is 55.1 Å². The number of carbonyl (C=O) groups is 4. The molecule has 4 aromatic rings. The molecule has 4 aromatic carbocycles. The zero-order chi connectivity index (χ0) is 43.9. The molecule has 1 saturated heterocycles. The lowest BCUT2D eigenvalue weighted by Gasteiger charge is -2.29. The van der Waals surface area contributed by atoms with Crippen molar-refractivity contribution >= 4 is 23.6 Å². The molecule has 5 rings (SSSR count). The number of nitrogens with one attached hydrogen (secondary N) is 3. The summed E-state index contributed by atoms with van der Waals surface area (Å²) in [5, 5.41) is 18.7. The summed E-state index contributed by atoms with van der Waals surface area (Å²) in [6.07, 6.45) is -1.29. The summed E-state index contributed by atoms with van der Waals surface area (Å²) in [5.41, 5.74) is 2.74. The fourth-order valence-electron chi connectivity index (χ4n) is 6.72. The maximum Gasteiger partial charge on any atom is 0.326 e. The molecule has 0 radical (unpaired) electrons. The number of phenolic OH excluding ortho intramolecular Hbond substituents is 1. The van der Waals surface area contributed by atoms with Crippen LogP contribution in [0.1, 0.15) is 71.5 Å². The molecular formula is C47H56F2N4O8. The third kappa shape index (κ3) is 13.8. The summed E-state index contributed by atoms with van der Waals surface area (Å²) < 4.78 is 49.0. The molecule has 0 aliphatic carbocycles. The minimum Gasteiger partial charge on any atom is -0.504 e. The monoisotopic (exact) mass is 842 g/mol. The van der Waals surface area contributed by atoms with E-state index in [4.69, 9.17) is 14.2 Å². The maximum atomic E-state index is 16.1. The zero-order valence-corrected chi connectivity index (χ0v) is 35.1. The Morgan fingerprint density at radius 1 is 0.754 bits per heavy atom. The molecule has 0 aromatic heterocycles. The number of hydrogen-bond acceptors (Lipinski definition) is 8. The van der Waals surface area contributed by atoms with Crippen molar-refractivity contribution in [1.29, 1.82) is 0 Å². The van der Waals surface area contributed by atoms with Crippen molar-refractivity contribution in [2.24, 2.45) is 11.8 Å². The summed E-state index contributed by atoms with van der Waals surface area (Å²) >= 11 is 0. The molecule has 12 nitrogen and oxygen atoms in total. The molecule has 61 heavy (non-hydrogen) atoms. The van der Waals surface area contributed by atoms with Gasteiger partial charge in [-0.25, -0.2) is 0 Å². The van der Waals surface area contributed by atoms with Gasteiger partial charge in [0.05, 0.1) is 32.5 Å². The van der Waals surface area contributed by atoms with Crippen molar-refractivity contribution in [3.05, 3.63) is 131 Å². The highest BCUT2D eigenvalue weighted by Gasteiger charge is 2.43. The number of benzene rings is 4. The average molecular weight is 843 g/mol. The molecular weight excluding hydrogens is 787 g/mol. The van der Waals surface area contributed by atoms with Crippen LogP contribution >= 0.6 is 0 Å². The summed E-state index contributed by atoms with van der Waals surface area (Å²) in [7, 11) is 0. The van der Waals surface area contributed by atoms with Gasteiger partial charge in [0.15, 0.2) is 11.5 Å². The van der Waals surface area contributed by atoms with Gasteiger partial charge in [0, 0.05) is 36.7 Å². The van der Waals surface area contributed by atoms with Crippen LogP contribution in [0.3, 0.4) is 0 Å². The first kappa shape index (κ1) is 46.2.